The van der Waals surface area contributed by atoms with E-state index < -0.39 is 0 Å². The van der Waals surface area contributed by atoms with Gasteiger partial charge in [-0.05, 0) is 71.1 Å². The third-order valence-corrected chi connectivity index (χ3v) is 9.64. The van der Waals surface area contributed by atoms with Crippen LogP contribution in [0.4, 0.5) is 22.0 Å². The van der Waals surface area contributed by atoms with E-state index in [1.54, 1.807) is 19.2 Å². The van der Waals surface area contributed by atoms with Gasteiger partial charge in [-0.2, -0.15) is 9.97 Å². The summed E-state index contributed by atoms with van der Waals surface area (Å²) in [6.07, 6.45) is 6.33. The summed E-state index contributed by atoms with van der Waals surface area (Å²) in [5.41, 5.74) is 4.05. The fourth-order valence-electron chi connectivity index (χ4n) is 6.87. The summed E-state index contributed by atoms with van der Waals surface area (Å²) >= 11 is 0. The van der Waals surface area contributed by atoms with Gasteiger partial charge in [0.2, 0.25) is 11.9 Å². The molecule has 9 rings (SSSR count). The molecular formula is C44H41FN8O. The first-order valence-electron chi connectivity index (χ1n) is 18.2. The average molecular weight is 717 g/mol. The zero-order valence-corrected chi connectivity index (χ0v) is 30.1. The molecule has 8 aromatic rings. The smallest absolute Gasteiger partial charge is 0.236 e. The molecule has 5 aromatic carbocycles. The lowest BCUT2D eigenvalue weighted by molar-refractivity contribution is 0.180. The first-order valence-corrected chi connectivity index (χ1v) is 18.2. The third-order valence-electron chi connectivity index (χ3n) is 9.64. The number of methoxy groups -OCH3 is 1. The summed E-state index contributed by atoms with van der Waals surface area (Å²) in [7, 11) is 1.75. The van der Waals surface area contributed by atoms with Gasteiger partial charge in [0.1, 0.15) is 17.5 Å². The molecular weight excluding hydrogens is 676 g/mol. The van der Waals surface area contributed by atoms with Crippen LogP contribution in [0.2, 0.25) is 0 Å². The van der Waals surface area contributed by atoms with Crippen molar-refractivity contribution in [2.75, 3.05) is 35.8 Å². The van der Waals surface area contributed by atoms with Crippen molar-refractivity contribution in [1.82, 2.24) is 24.5 Å². The molecule has 0 unspecified atom stereocenters. The van der Waals surface area contributed by atoms with Gasteiger partial charge in [-0.1, -0.05) is 91.0 Å². The highest BCUT2D eigenvalue weighted by molar-refractivity contribution is 5.91. The minimum atomic E-state index is -0.238. The number of halogens is 1. The highest BCUT2D eigenvalue weighted by Crippen LogP contribution is 2.29. The van der Waals surface area contributed by atoms with Crippen LogP contribution in [0.15, 0.2) is 140 Å². The van der Waals surface area contributed by atoms with E-state index in [-0.39, 0.29) is 5.82 Å². The molecule has 1 aliphatic rings. The number of nitrogens with one attached hydrogen (secondary N) is 2. The number of aromatic nitrogens is 5. The molecule has 9 nitrogen and oxygen atoms in total. The Hall–Kier alpha value is -6.39. The number of hydrogen-bond acceptors (Lipinski definition) is 8. The molecule has 0 saturated carbocycles. The van der Waals surface area contributed by atoms with Crippen LogP contribution in [-0.4, -0.2) is 50.8 Å². The summed E-state index contributed by atoms with van der Waals surface area (Å²) in [6.45, 7) is 2.98. The molecule has 1 fully saturated rings. The van der Waals surface area contributed by atoms with Crippen molar-refractivity contribution < 1.29 is 9.13 Å². The first kappa shape index (κ1) is 34.7. The van der Waals surface area contributed by atoms with Crippen molar-refractivity contribution >= 4 is 50.2 Å². The molecule has 0 amide bonds. The Morgan fingerprint density at radius 1 is 0.630 bits per heavy atom. The molecule has 10 heteroatoms. The molecule has 0 radical (unpaired) electrons. The zero-order chi connectivity index (χ0) is 36.7. The van der Waals surface area contributed by atoms with E-state index in [1.165, 1.54) is 17.7 Å². The predicted octanol–water partition coefficient (Wildman–Crippen LogP) is 9.18. The minimum Gasteiger partial charge on any atom is -0.383 e. The standard InChI is InChI=1S/C23H17FN4.C21H24N4O/c24-19-11-9-16(10-12-19)13-25-22-20-7-3-4-8-21(20)26-23(27-22)28-14-17-5-1-2-6-18(17)15-28;1-26-15-17-10-7-13-25(17)21-23-19-12-6-5-11-18(19)20(24-21)22-14-16-8-3-2-4-9-16/h1-12,14-15H,13H2,(H,25,26,27);2-6,8-9,11-12,17H,7,10,13-15H2,1H3,(H,22,23,24)/t;17-/m.0/s1. The van der Waals surface area contributed by atoms with E-state index in [0.29, 0.717) is 25.1 Å². The molecule has 0 spiro atoms. The van der Waals surface area contributed by atoms with Gasteiger partial charge in [0.25, 0.3) is 0 Å². The van der Waals surface area contributed by atoms with E-state index in [2.05, 4.69) is 64.1 Å². The Bertz CT molecular complexity index is 2460. The molecule has 0 bridgehead atoms. The van der Waals surface area contributed by atoms with Gasteiger partial charge in [0, 0.05) is 49.9 Å². The second-order valence-electron chi connectivity index (χ2n) is 13.3. The number of nitrogens with zero attached hydrogens (tertiary/aromatic N) is 6. The number of benzene rings is 5. The van der Waals surface area contributed by atoms with Crippen molar-refractivity contribution in [3.05, 3.63) is 157 Å². The zero-order valence-electron chi connectivity index (χ0n) is 30.1. The lowest BCUT2D eigenvalue weighted by Gasteiger charge is -2.25. The van der Waals surface area contributed by atoms with Crippen LogP contribution in [0.3, 0.4) is 0 Å². The van der Waals surface area contributed by atoms with Crippen LogP contribution in [0.25, 0.3) is 38.5 Å². The first-order chi connectivity index (χ1) is 26.6. The Labute approximate surface area is 313 Å². The molecule has 0 aliphatic carbocycles. The maximum absolute atomic E-state index is 13.1. The summed E-state index contributed by atoms with van der Waals surface area (Å²) in [6, 6.07) is 41.5. The number of ether oxygens (including phenoxy) is 1. The van der Waals surface area contributed by atoms with Gasteiger partial charge < -0.3 is 20.3 Å². The molecule has 4 heterocycles. The number of fused-ring (bicyclic) bond motifs is 3. The number of anilines is 3. The van der Waals surface area contributed by atoms with Crippen molar-refractivity contribution in [1.29, 1.82) is 0 Å². The number of para-hydroxylation sites is 2. The van der Waals surface area contributed by atoms with Crippen molar-refractivity contribution in [2.45, 2.75) is 32.0 Å². The van der Waals surface area contributed by atoms with Gasteiger partial charge >= 0.3 is 0 Å². The van der Waals surface area contributed by atoms with Crippen LogP contribution >= 0.6 is 0 Å². The quantitative estimate of drug-likeness (QED) is 0.145. The van der Waals surface area contributed by atoms with Crippen molar-refractivity contribution in [3.8, 4) is 5.95 Å². The fraction of sp³-hybridized carbons (Fsp3) is 0.182. The second-order valence-corrected chi connectivity index (χ2v) is 13.3. The lowest BCUT2D eigenvalue weighted by atomic mass is 10.2. The van der Waals surface area contributed by atoms with Crippen LogP contribution < -0.4 is 15.5 Å². The molecule has 3 aromatic heterocycles. The second kappa shape index (κ2) is 16.1. The predicted molar refractivity (Wildman–Crippen MR) is 216 cm³/mol. The fourth-order valence-corrected chi connectivity index (χ4v) is 6.87. The summed E-state index contributed by atoms with van der Waals surface area (Å²) in [4.78, 5) is 21.5. The molecule has 1 atom stereocenters. The van der Waals surface area contributed by atoms with Crippen LogP contribution in [-0.2, 0) is 17.8 Å². The van der Waals surface area contributed by atoms with Crippen LogP contribution in [0.5, 0.6) is 0 Å². The van der Waals surface area contributed by atoms with E-state index in [1.807, 2.05) is 71.6 Å². The number of rotatable bonds is 10. The Kier molecular flexibility index (Phi) is 10.3. The monoisotopic (exact) mass is 716 g/mol. The molecule has 54 heavy (non-hydrogen) atoms. The SMILES string of the molecule is COC[C@@H]1CCCN1c1nc(NCc2ccccc2)c2ccccc2n1.Fc1ccc(CNc2nc(-n3cc4ccccc4c3)nc3ccccc23)cc1. The molecule has 1 saturated heterocycles. The van der Waals surface area contributed by atoms with Gasteiger partial charge in [-0.25, -0.2) is 14.4 Å². The highest BCUT2D eigenvalue weighted by atomic mass is 19.1. The maximum atomic E-state index is 13.1. The minimum absolute atomic E-state index is 0.238. The Morgan fingerprint density at radius 3 is 1.80 bits per heavy atom. The van der Waals surface area contributed by atoms with E-state index in [4.69, 9.17) is 24.7 Å². The van der Waals surface area contributed by atoms with Crippen LogP contribution in [0.1, 0.15) is 24.0 Å². The van der Waals surface area contributed by atoms with Crippen molar-refractivity contribution in [3.63, 3.8) is 0 Å². The van der Waals surface area contributed by atoms with E-state index >= 15 is 0 Å². The summed E-state index contributed by atoms with van der Waals surface area (Å²) in [5, 5.41) is 11.2. The Balaban J connectivity index is 0.000000154. The average Bonchev–Trinajstić information content (AvgIpc) is 3.88. The van der Waals surface area contributed by atoms with Gasteiger partial charge in [-0.3, -0.25) is 4.57 Å². The van der Waals surface area contributed by atoms with E-state index in [9.17, 15) is 4.39 Å². The summed E-state index contributed by atoms with van der Waals surface area (Å²) < 4.78 is 20.5. The highest BCUT2D eigenvalue weighted by Gasteiger charge is 2.27. The topological polar surface area (TPSA) is 93.0 Å². The summed E-state index contributed by atoms with van der Waals surface area (Å²) in [5.74, 6) is 2.80. The maximum Gasteiger partial charge on any atom is 0.236 e. The van der Waals surface area contributed by atoms with E-state index in [0.717, 1.165) is 81.7 Å². The van der Waals surface area contributed by atoms with Gasteiger partial charge in [-0.15, -0.1) is 0 Å². The lowest BCUT2D eigenvalue weighted by Crippen LogP contribution is -2.34. The molecule has 2 N–H and O–H groups in total. The molecule has 270 valence electrons. The molecule has 1 aliphatic heterocycles. The van der Waals surface area contributed by atoms with Crippen molar-refractivity contribution in [2.24, 2.45) is 0 Å². The largest absolute Gasteiger partial charge is 0.383 e. The normalized spacial score (nSPS) is 14.0. The van der Waals surface area contributed by atoms with Crippen LogP contribution in [0, 0.1) is 5.82 Å². The van der Waals surface area contributed by atoms with Gasteiger partial charge in [0.05, 0.1) is 23.7 Å². The van der Waals surface area contributed by atoms with Gasteiger partial charge in [0.15, 0.2) is 0 Å². The Morgan fingerprint density at radius 2 is 1.17 bits per heavy atom. The number of hydrogen-bond donors (Lipinski definition) is 2. The third kappa shape index (κ3) is 7.84.